The van der Waals surface area contributed by atoms with Crippen LogP contribution in [0.4, 0.5) is 0 Å². The van der Waals surface area contributed by atoms with E-state index >= 15 is 0 Å². The monoisotopic (exact) mass is 263 g/mol. The summed E-state index contributed by atoms with van der Waals surface area (Å²) < 4.78 is 10.6. The van der Waals surface area contributed by atoms with E-state index < -0.39 is 0 Å². The van der Waals surface area contributed by atoms with Gasteiger partial charge in [-0.2, -0.15) is 0 Å². The fraction of sp³-hybridized carbons (Fsp3) is 0.533. The third kappa shape index (κ3) is 3.47. The molecule has 0 amide bonds. The zero-order valence-corrected chi connectivity index (χ0v) is 11.5. The molecule has 104 valence electrons. The molecule has 0 saturated heterocycles. The molecule has 4 heteroatoms. The van der Waals surface area contributed by atoms with E-state index in [9.17, 15) is 4.79 Å². The van der Waals surface area contributed by atoms with Gasteiger partial charge in [0.05, 0.1) is 6.61 Å². The predicted octanol–water partition coefficient (Wildman–Crippen LogP) is 2.35. The maximum atomic E-state index is 11.3. The number of hydrogen-bond donors (Lipinski definition) is 1. The van der Waals surface area contributed by atoms with Gasteiger partial charge in [-0.15, -0.1) is 0 Å². The maximum Gasteiger partial charge on any atom is 0.305 e. The van der Waals surface area contributed by atoms with E-state index in [1.807, 2.05) is 12.1 Å². The zero-order valence-electron chi connectivity index (χ0n) is 11.5. The number of hydrogen-bond acceptors (Lipinski definition) is 4. The number of rotatable bonds is 5. The lowest BCUT2D eigenvalue weighted by Crippen LogP contribution is -2.13. The molecule has 0 fully saturated rings. The number of fused-ring (bicyclic) bond motifs is 1. The number of carbonyl (C=O) groups excluding carboxylic acids is 1. The smallest absolute Gasteiger partial charge is 0.305 e. The van der Waals surface area contributed by atoms with E-state index in [2.05, 4.69) is 13.0 Å². The van der Waals surface area contributed by atoms with Crippen molar-refractivity contribution >= 4 is 5.97 Å². The first-order chi connectivity index (χ1) is 9.10. The first-order valence-corrected chi connectivity index (χ1v) is 6.80. The highest BCUT2D eigenvalue weighted by Crippen LogP contribution is 2.31. The normalized spacial score (nSPS) is 18.6. The summed E-state index contributed by atoms with van der Waals surface area (Å²) in [6.07, 6.45) is 2.13. The summed E-state index contributed by atoms with van der Waals surface area (Å²) in [6.45, 7) is 4.28. The van der Waals surface area contributed by atoms with Crippen LogP contribution in [0.25, 0.3) is 0 Å². The Kier molecular flexibility index (Phi) is 4.43. The molecule has 2 N–H and O–H groups in total. The molecular formula is C15H21NO3. The van der Waals surface area contributed by atoms with Gasteiger partial charge in [-0.1, -0.05) is 12.1 Å². The topological polar surface area (TPSA) is 61.5 Å². The van der Waals surface area contributed by atoms with E-state index in [1.54, 1.807) is 6.92 Å². The zero-order chi connectivity index (χ0) is 13.8. The summed E-state index contributed by atoms with van der Waals surface area (Å²) in [5, 5.41) is 0. The Labute approximate surface area is 113 Å². The minimum Gasteiger partial charge on any atom is -0.490 e. The standard InChI is InChI=1S/C15H21NO3/c1-3-18-15(17)7-5-13(16)11-4-6-14-12(9-11)8-10(2)19-14/h4,6,9-10,13H,3,5,7-8,16H2,1-2H3. The van der Waals surface area contributed by atoms with Crippen molar-refractivity contribution in [2.45, 2.75) is 45.3 Å². The van der Waals surface area contributed by atoms with Crippen molar-refractivity contribution in [1.29, 1.82) is 0 Å². The van der Waals surface area contributed by atoms with E-state index in [1.165, 1.54) is 5.56 Å². The number of benzene rings is 1. The van der Waals surface area contributed by atoms with Crippen LogP contribution < -0.4 is 10.5 Å². The molecule has 1 aliphatic rings. The molecule has 0 spiro atoms. The number of carbonyl (C=O) groups is 1. The first-order valence-electron chi connectivity index (χ1n) is 6.80. The SMILES string of the molecule is CCOC(=O)CCC(N)c1ccc2c(c1)CC(C)O2. The second kappa shape index (κ2) is 6.06. The lowest BCUT2D eigenvalue weighted by atomic mass is 9.99. The first kappa shape index (κ1) is 13.9. The molecule has 0 aliphatic carbocycles. The fourth-order valence-electron chi connectivity index (χ4n) is 2.35. The Balaban J connectivity index is 1.95. The van der Waals surface area contributed by atoms with Gasteiger partial charge in [-0.3, -0.25) is 4.79 Å². The third-order valence-corrected chi connectivity index (χ3v) is 3.31. The van der Waals surface area contributed by atoms with Gasteiger partial charge >= 0.3 is 5.97 Å². The highest BCUT2D eigenvalue weighted by atomic mass is 16.5. The van der Waals surface area contributed by atoms with E-state index in [4.69, 9.17) is 15.2 Å². The fourth-order valence-corrected chi connectivity index (χ4v) is 2.35. The highest BCUT2D eigenvalue weighted by molar-refractivity contribution is 5.69. The lowest BCUT2D eigenvalue weighted by molar-refractivity contribution is -0.143. The van der Waals surface area contributed by atoms with E-state index in [0.717, 1.165) is 17.7 Å². The molecule has 1 aliphatic heterocycles. The Bertz CT molecular complexity index is 459. The summed E-state index contributed by atoms with van der Waals surface area (Å²) >= 11 is 0. The van der Waals surface area contributed by atoms with Crippen LogP contribution in [0, 0.1) is 0 Å². The molecule has 2 unspecified atom stereocenters. The summed E-state index contributed by atoms with van der Waals surface area (Å²) in [5.41, 5.74) is 8.38. The van der Waals surface area contributed by atoms with Gasteiger partial charge in [0.25, 0.3) is 0 Å². The van der Waals surface area contributed by atoms with Gasteiger partial charge in [0.15, 0.2) is 0 Å². The van der Waals surface area contributed by atoms with Crippen LogP contribution in [0.5, 0.6) is 5.75 Å². The van der Waals surface area contributed by atoms with Crippen LogP contribution >= 0.6 is 0 Å². The molecule has 4 nitrogen and oxygen atoms in total. The maximum absolute atomic E-state index is 11.3. The minimum absolute atomic E-state index is 0.134. The molecule has 0 radical (unpaired) electrons. The van der Waals surface area contributed by atoms with Crippen molar-refractivity contribution in [2.24, 2.45) is 5.73 Å². The molecule has 0 saturated carbocycles. The van der Waals surface area contributed by atoms with Crippen molar-refractivity contribution in [3.63, 3.8) is 0 Å². The molecule has 0 bridgehead atoms. The van der Waals surface area contributed by atoms with E-state index in [-0.39, 0.29) is 18.1 Å². The van der Waals surface area contributed by atoms with Crippen LogP contribution in [-0.4, -0.2) is 18.7 Å². The van der Waals surface area contributed by atoms with Crippen LogP contribution in [0.15, 0.2) is 18.2 Å². The van der Waals surface area contributed by atoms with Crippen LogP contribution in [0.3, 0.4) is 0 Å². The minimum atomic E-state index is -0.184. The average molecular weight is 263 g/mol. The lowest BCUT2D eigenvalue weighted by Gasteiger charge is -2.12. The van der Waals surface area contributed by atoms with Gasteiger partial charge in [0.2, 0.25) is 0 Å². The molecule has 1 heterocycles. The molecule has 1 aromatic carbocycles. The summed E-state index contributed by atoms with van der Waals surface area (Å²) in [4.78, 5) is 11.3. The van der Waals surface area contributed by atoms with Crippen molar-refractivity contribution < 1.29 is 14.3 Å². The van der Waals surface area contributed by atoms with Crippen LogP contribution in [-0.2, 0) is 16.0 Å². The average Bonchev–Trinajstić information content (AvgIpc) is 2.75. The Morgan fingerprint density at radius 3 is 3.11 bits per heavy atom. The number of nitrogens with two attached hydrogens (primary N) is 1. The molecule has 2 atom stereocenters. The third-order valence-electron chi connectivity index (χ3n) is 3.31. The van der Waals surface area contributed by atoms with Crippen LogP contribution in [0.1, 0.15) is 43.9 Å². The van der Waals surface area contributed by atoms with Gasteiger partial charge in [-0.25, -0.2) is 0 Å². The summed E-state index contributed by atoms with van der Waals surface area (Å²) in [7, 11) is 0. The van der Waals surface area contributed by atoms with E-state index in [0.29, 0.717) is 19.4 Å². The second-order valence-electron chi connectivity index (χ2n) is 4.95. The largest absolute Gasteiger partial charge is 0.490 e. The predicted molar refractivity (Wildman–Crippen MR) is 73.0 cm³/mol. The van der Waals surface area contributed by atoms with Crippen LogP contribution in [0.2, 0.25) is 0 Å². The van der Waals surface area contributed by atoms with Gasteiger partial charge in [0.1, 0.15) is 11.9 Å². The molecule has 1 aromatic rings. The van der Waals surface area contributed by atoms with Gasteiger partial charge in [-0.05, 0) is 37.5 Å². The summed E-state index contributed by atoms with van der Waals surface area (Å²) in [5.74, 6) is 0.768. The van der Waals surface area contributed by atoms with Crippen molar-refractivity contribution in [2.75, 3.05) is 6.61 Å². The Morgan fingerprint density at radius 1 is 1.58 bits per heavy atom. The molecule has 19 heavy (non-hydrogen) atoms. The van der Waals surface area contributed by atoms with Gasteiger partial charge < -0.3 is 15.2 Å². The van der Waals surface area contributed by atoms with Crippen molar-refractivity contribution in [3.8, 4) is 5.75 Å². The number of esters is 1. The molecular weight excluding hydrogens is 242 g/mol. The number of ether oxygens (including phenoxy) is 2. The second-order valence-corrected chi connectivity index (χ2v) is 4.95. The van der Waals surface area contributed by atoms with Gasteiger partial charge in [0, 0.05) is 18.9 Å². The van der Waals surface area contributed by atoms with Crippen molar-refractivity contribution in [3.05, 3.63) is 29.3 Å². The molecule has 0 aromatic heterocycles. The Morgan fingerprint density at radius 2 is 2.37 bits per heavy atom. The quantitative estimate of drug-likeness (QED) is 0.828. The Hall–Kier alpha value is -1.55. The summed E-state index contributed by atoms with van der Waals surface area (Å²) in [6, 6.07) is 5.91. The van der Waals surface area contributed by atoms with Crippen molar-refractivity contribution in [1.82, 2.24) is 0 Å². The highest BCUT2D eigenvalue weighted by Gasteiger charge is 2.20. The molecule has 2 rings (SSSR count).